The van der Waals surface area contributed by atoms with Crippen molar-refractivity contribution < 1.29 is 23.1 Å². The Morgan fingerprint density at radius 1 is 1.21 bits per heavy atom. The number of benzene rings is 1. The smallest absolute Gasteiger partial charge is 0.236 e. The van der Waals surface area contributed by atoms with Gasteiger partial charge in [-0.15, -0.1) is 0 Å². The van der Waals surface area contributed by atoms with Crippen LogP contribution >= 0.6 is 22.6 Å². The zero-order valence-corrected chi connectivity index (χ0v) is 19.8. The largest absolute Gasteiger partial charge is 0.369 e. The molecule has 182 valence electrons. The standard InChI is InChI=1S/C22H30ClFN4O4S/c23-16-2-3-18(17(24)8-16)28-5-1-4-27(33(28,31)32)12-19(29)26-20-14-6-13-7-15(20)11-22(9-13,10-14)21(25)30/h2-3,8,13-15,20,31-32H,1,4-7,9-12H2,(H2,25,30)(H,26,29). The number of hydrogen-bond acceptors (Lipinski definition) is 6. The minimum atomic E-state index is -3.57. The Kier molecular flexibility index (Phi) is 5.80. The summed E-state index contributed by atoms with van der Waals surface area (Å²) in [5.74, 6) is -0.239. The molecule has 33 heavy (non-hydrogen) atoms. The van der Waals surface area contributed by atoms with Gasteiger partial charge in [0.2, 0.25) is 11.8 Å². The van der Waals surface area contributed by atoms with Gasteiger partial charge in [-0.3, -0.25) is 23.0 Å². The zero-order valence-electron chi connectivity index (χ0n) is 18.3. The fourth-order valence-corrected chi connectivity index (χ4v) is 8.72. The predicted octanol–water partition coefficient (Wildman–Crippen LogP) is 3.37. The average Bonchev–Trinajstić information content (AvgIpc) is 2.72. The molecule has 1 aromatic rings. The zero-order chi connectivity index (χ0) is 23.5. The third-order valence-corrected chi connectivity index (χ3v) is 10.2. The summed E-state index contributed by atoms with van der Waals surface area (Å²) in [7, 11) is -3.57. The highest BCUT2D eigenvalue weighted by atomic mass is 35.5. The maximum atomic E-state index is 14.5. The van der Waals surface area contributed by atoms with Gasteiger partial charge < -0.3 is 11.1 Å². The minimum absolute atomic E-state index is 0.0297. The van der Waals surface area contributed by atoms with Gasteiger partial charge in [-0.2, -0.15) is 4.31 Å². The summed E-state index contributed by atoms with van der Waals surface area (Å²) in [6, 6.07) is 4.01. The van der Waals surface area contributed by atoms with E-state index in [9.17, 15) is 23.1 Å². The number of hydrogen-bond donors (Lipinski definition) is 4. The van der Waals surface area contributed by atoms with Crippen LogP contribution in [0, 0.1) is 29.0 Å². The van der Waals surface area contributed by atoms with E-state index >= 15 is 0 Å². The first kappa shape index (κ1) is 23.2. The fourth-order valence-electron chi connectivity index (χ4n) is 6.83. The lowest BCUT2D eigenvalue weighted by Crippen LogP contribution is -2.62. The normalized spacial score (nSPS) is 35.9. The fraction of sp³-hybridized carbons (Fsp3) is 0.636. The number of carbonyl (C=O) groups excluding carboxylic acids is 2. The molecule has 1 heterocycles. The van der Waals surface area contributed by atoms with Crippen LogP contribution in [-0.2, 0) is 9.59 Å². The van der Waals surface area contributed by atoms with Crippen molar-refractivity contribution in [3.8, 4) is 0 Å². The second-order valence-corrected chi connectivity index (χ2v) is 12.5. The molecule has 0 aromatic heterocycles. The molecular formula is C22H30ClFN4O4S. The maximum absolute atomic E-state index is 14.5. The van der Waals surface area contributed by atoms with Crippen molar-refractivity contribution in [2.75, 3.05) is 23.9 Å². The summed E-state index contributed by atoms with van der Waals surface area (Å²) >= 11 is 5.83. The van der Waals surface area contributed by atoms with Crippen LogP contribution in [0.15, 0.2) is 18.2 Å². The van der Waals surface area contributed by atoms with E-state index in [1.807, 2.05) is 0 Å². The summed E-state index contributed by atoms with van der Waals surface area (Å²) in [6.45, 7) is 0.364. The van der Waals surface area contributed by atoms with E-state index in [1.165, 1.54) is 20.7 Å². The van der Waals surface area contributed by atoms with Gasteiger partial charge in [0, 0.05) is 29.6 Å². The number of rotatable bonds is 5. The lowest BCUT2D eigenvalue weighted by atomic mass is 9.47. The van der Waals surface area contributed by atoms with Gasteiger partial charge in [0.15, 0.2) is 0 Å². The maximum Gasteiger partial charge on any atom is 0.236 e. The lowest BCUT2D eigenvalue weighted by molar-refractivity contribution is -0.147. The second-order valence-electron chi connectivity index (χ2n) is 10.1. The van der Waals surface area contributed by atoms with E-state index in [-0.39, 0.29) is 53.5 Å². The summed E-state index contributed by atoms with van der Waals surface area (Å²) < 4.78 is 38.9. The van der Waals surface area contributed by atoms with Crippen LogP contribution in [-0.4, -0.2) is 50.9 Å². The highest BCUT2D eigenvalue weighted by molar-refractivity contribution is 8.23. The summed E-state index contributed by atoms with van der Waals surface area (Å²) in [5.41, 5.74) is 5.36. The van der Waals surface area contributed by atoms with Gasteiger partial charge >= 0.3 is 0 Å². The quantitative estimate of drug-likeness (QED) is 0.492. The Morgan fingerprint density at radius 2 is 1.91 bits per heavy atom. The number of nitrogens with one attached hydrogen (secondary N) is 1. The van der Waals surface area contributed by atoms with Gasteiger partial charge in [0.25, 0.3) is 0 Å². The third kappa shape index (κ3) is 3.99. The van der Waals surface area contributed by atoms with Gasteiger partial charge in [-0.25, -0.2) is 4.39 Å². The Labute approximate surface area is 199 Å². The number of primary amides is 1. The van der Waals surface area contributed by atoms with Crippen molar-refractivity contribution in [2.24, 2.45) is 28.9 Å². The monoisotopic (exact) mass is 500 g/mol. The van der Waals surface area contributed by atoms with Crippen LogP contribution in [0.3, 0.4) is 0 Å². The van der Waals surface area contributed by atoms with Crippen LogP contribution in [0.2, 0.25) is 5.02 Å². The van der Waals surface area contributed by atoms with E-state index in [2.05, 4.69) is 5.32 Å². The highest BCUT2D eigenvalue weighted by Crippen LogP contribution is 2.60. The molecule has 1 aliphatic heterocycles. The molecule has 4 bridgehead atoms. The van der Waals surface area contributed by atoms with Crippen molar-refractivity contribution in [1.29, 1.82) is 0 Å². The van der Waals surface area contributed by atoms with Crippen molar-refractivity contribution in [3.05, 3.63) is 29.0 Å². The summed E-state index contributed by atoms with van der Waals surface area (Å²) in [5, 5.41) is 3.34. The average molecular weight is 501 g/mol. The first-order valence-electron chi connectivity index (χ1n) is 11.4. The van der Waals surface area contributed by atoms with Gasteiger partial charge in [0.05, 0.1) is 12.2 Å². The molecule has 2 unspecified atom stereocenters. The van der Waals surface area contributed by atoms with E-state index in [0.29, 0.717) is 31.7 Å². The first-order chi connectivity index (χ1) is 15.6. The van der Waals surface area contributed by atoms with Crippen LogP contribution in [0.1, 0.15) is 38.5 Å². The molecule has 1 aromatic carbocycles. The van der Waals surface area contributed by atoms with E-state index < -0.39 is 22.2 Å². The second kappa shape index (κ2) is 8.27. The van der Waals surface area contributed by atoms with Gasteiger partial charge in [-0.1, -0.05) is 11.6 Å². The lowest BCUT2D eigenvalue weighted by Gasteiger charge is -2.59. The highest BCUT2D eigenvalue weighted by Gasteiger charge is 2.58. The van der Waals surface area contributed by atoms with Crippen LogP contribution in [0.25, 0.3) is 0 Å². The molecule has 4 saturated carbocycles. The molecular weight excluding hydrogens is 471 g/mol. The van der Waals surface area contributed by atoms with Gasteiger partial charge in [0.1, 0.15) is 5.82 Å². The molecule has 6 rings (SSSR count). The topological polar surface area (TPSA) is 119 Å². The molecule has 2 amide bonds. The molecule has 5 fully saturated rings. The number of amides is 2. The number of anilines is 1. The van der Waals surface area contributed by atoms with Crippen LogP contribution in [0.4, 0.5) is 10.1 Å². The molecule has 11 heteroatoms. The number of nitrogens with zero attached hydrogens (tertiary/aromatic N) is 2. The third-order valence-electron chi connectivity index (χ3n) is 8.03. The van der Waals surface area contributed by atoms with Crippen LogP contribution < -0.4 is 15.4 Å². The Hall–Kier alpha value is -1.59. The van der Waals surface area contributed by atoms with Crippen molar-refractivity contribution in [2.45, 2.75) is 44.6 Å². The predicted molar refractivity (Wildman–Crippen MR) is 125 cm³/mol. The summed E-state index contributed by atoms with van der Waals surface area (Å²) in [4.78, 5) is 25.1. The van der Waals surface area contributed by atoms with Crippen LogP contribution in [0.5, 0.6) is 0 Å². The van der Waals surface area contributed by atoms with E-state index in [0.717, 1.165) is 25.3 Å². The number of halogens is 2. The SMILES string of the molecule is NC(=O)C12CC3CC(C1)C(NC(=O)CN1CCCN(c4ccc(Cl)cc4F)S1(O)O)C(C3)C2. The van der Waals surface area contributed by atoms with Crippen molar-refractivity contribution in [3.63, 3.8) is 0 Å². The molecule has 5 N–H and O–H groups in total. The summed E-state index contributed by atoms with van der Waals surface area (Å²) in [6.07, 6.45) is 4.80. The van der Waals surface area contributed by atoms with Crippen molar-refractivity contribution in [1.82, 2.24) is 9.62 Å². The molecule has 2 atom stereocenters. The molecule has 5 aliphatic rings. The number of carbonyl (C=O) groups is 2. The Balaban J connectivity index is 1.27. The Bertz CT molecular complexity index is 966. The molecule has 0 spiro atoms. The number of nitrogens with two attached hydrogens (primary N) is 1. The Morgan fingerprint density at radius 3 is 2.55 bits per heavy atom. The van der Waals surface area contributed by atoms with Crippen molar-refractivity contribution >= 4 is 40.1 Å². The minimum Gasteiger partial charge on any atom is -0.369 e. The van der Waals surface area contributed by atoms with E-state index in [4.69, 9.17) is 17.3 Å². The van der Waals surface area contributed by atoms with E-state index in [1.54, 1.807) is 0 Å². The molecule has 1 saturated heterocycles. The first-order valence-corrected chi connectivity index (χ1v) is 13.3. The molecule has 4 aliphatic carbocycles. The molecule has 8 nitrogen and oxygen atoms in total. The molecule has 0 radical (unpaired) electrons. The van der Waals surface area contributed by atoms with Gasteiger partial charge in [-0.05, 0) is 85.4 Å².